The zero-order valence-electron chi connectivity index (χ0n) is 10.5. The van der Waals surface area contributed by atoms with Crippen molar-refractivity contribution in [2.45, 2.75) is 13.0 Å². The second-order valence-electron chi connectivity index (χ2n) is 4.67. The van der Waals surface area contributed by atoms with Crippen LogP contribution >= 0.6 is 23.2 Å². The number of aromatic nitrogens is 2. The summed E-state index contributed by atoms with van der Waals surface area (Å²) in [4.78, 5) is 14.2. The number of anilines is 1. The van der Waals surface area contributed by atoms with Crippen molar-refractivity contribution in [2.75, 3.05) is 12.3 Å². The average Bonchev–Trinajstić information content (AvgIpc) is 2.82. The predicted molar refractivity (Wildman–Crippen MR) is 77.9 cm³/mol. The van der Waals surface area contributed by atoms with Crippen molar-refractivity contribution in [1.29, 1.82) is 0 Å². The molecule has 0 atom stereocenters. The van der Waals surface area contributed by atoms with Crippen molar-refractivity contribution in [1.82, 2.24) is 15.1 Å². The monoisotopic (exact) mass is 310 g/mol. The highest BCUT2D eigenvalue weighted by molar-refractivity contribution is 6.35. The van der Waals surface area contributed by atoms with E-state index in [0.717, 1.165) is 11.3 Å². The number of fused-ring (bicyclic) bond motifs is 1. The quantitative estimate of drug-likeness (QED) is 0.849. The third kappa shape index (κ3) is 2.23. The van der Waals surface area contributed by atoms with Gasteiger partial charge in [-0.3, -0.25) is 9.89 Å². The minimum Gasteiger partial charge on any atom is -0.382 e. The Hall–Kier alpha value is -1.72. The van der Waals surface area contributed by atoms with Crippen molar-refractivity contribution in [3.63, 3.8) is 0 Å². The number of hydrogen-bond donors (Lipinski definition) is 2. The van der Waals surface area contributed by atoms with Gasteiger partial charge in [0.05, 0.1) is 22.8 Å². The van der Waals surface area contributed by atoms with Gasteiger partial charge in [0, 0.05) is 17.1 Å². The summed E-state index contributed by atoms with van der Waals surface area (Å²) in [6, 6.07) is 4.87. The molecule has 104 valence electrons. The average molecular weight is 311 g/mol. The van der Waals surface area contributed by atoms with E-state index in [2.05, 4.69) is 10.2 Å². The lowest BCUT2D eigenvalue weighted by Gasteiger charge is -2.27. The molecule has 7 heteroatoms. The molecule has 5 nitrogen and oxygen atoms in total. The molecule has 1 aliphatic heterocycles. The van der Waals surface area contributed by atoms with Crippen molar-refractivity contribution in [3.8, 4) is 0 Å². The zero-order valence-corrected chi connectivity index (χ0v) is 12.0. The Balaban J connectivity index is 1.87. The first-order chi connectivity index (χ1) is 9.56. The normalized spacial score (nSPS) is 14.2. The summed E-state index contributed by atoms with van der Waals surface area (Å²) in [6.45, 7) is 1.03. The van der Waals surface area contributed by atoms with Gasteiger partial charge in [-0.15, -0.1) is 0 Å². The first kappa shape index (κ1) is 13.3. The van der Waals surface area contributed by atoms with E-state index < -0.39 is 0 Å². The third-order valence-corrected chi connectivity index (χ3v) is 3.98. The van der Waals surface area contributed by atoms with Gasteiger partial charge in [-0.1, -0.05) is 23.2 Å². The van der Waals surface area contributed by atoms with E-state index in [0.29, 0.717) is 40.9 Å². The molecule has 3 rings (SSSR count). The number of benzene rings is 1. The van der Waals surface area contributed by atoms with Crippen molar-refractivity contribution >= 4 is 34.9 Å². The van der Waals surface area contributed by atoms with Crippen LogP contribution in [0.2, 0.25) is 10.0 Å². The molecule has 0 saturated heterocycles. The zero-order chi connectivity index (χ0) is 14.3. The summed E-state index contributed by atoms with van der Waals surface area (Å²) in [5.74, 6) is 0.365. The number of rotatable bonds is 1. The molecule has 2 heterocycles. The number of carbonyl (C=O) groups is 1. The van der Waals surface area contributed by atoms with Gasteiger partial charge in [-0.25, -0.2) is 0 Å². The molecule has 3 N–H and O–H groups in total. The highest BCUT2D eigenvalue weighted by Crippen LogP contribution is 2.26. The smallest absolute Gasteiger partial charge is 0.255 e. The molecule has 1 aromatic carbocycles. The van der Waals surface area contributed by atoms with Crippen molar-refractivity contribution in [3.05, 3.63) is 45.1 Å². The summed E-state index contributed by atoms with van der Waals surface area (Å²) in [5, 5.41) is 7.71. The number of halogens is 2. The van der Waals surface area contributed by atoms with Gasteiger partial charge < -0.3 is 10.6 Å². The first-order valence-corrected chi connectivity index (χ1v) is 6.88. The van der Waals surface area contributed by atoms with Gasteiger partial charge in [0.25, 0.3) is 5.91 Å². The van der Waals surface area contributed by atoms with Crippen LogP contribution in [0.15, 0.2) is 18.2 Å². The maximum absolute atomic E-state index is 12.5. The van der Waals surface area contributed by atoms with Gasteiger partial charge >= 0.3 is 0 Å². The molecule has 0 unspecified atom stereocenters. The molecular weight excluding hydrogens is 299 g/mol. The molecule has 0 spiro atoms. The maximum Gasteiger partial charge on any atom is 0.255 e. The van der Waals surface area contributed by atoms with Crippen LogP contribution in [-0.2, 0) is 13.0 Å². The third-order valence-electron chi connectivity index (χ3n) is 3.41. The fourth-order valence-electron chi connectivity index (χ4n) is 2.35. The Morgan fingerprint density at radius 3 is 3.00 bits per heavy atom. The van der Waals surface area contributed by atoms with E-state index >= 15 is 0 Å². The lowest BCUT2D eigenvalue weighted by molar-refractivity contribution is 0.0733. The summed E-state index contributed by atoms with van der Waals surface area (Å²) in [7, 11) is 0. The molecule has 0 fully saturated rings. The maximum atomic E-state index is 12.5. The molecule has 0 radical (unpaired) electrons. The van der Waals surface area contributed by atoms with Crippen LogP contribution in [0.3, 0.4) is 0 Å². The Morgan fingerprint density at radius 1 is 1.40 bits per heavy atom. The van der Waals surface area contributed by atoms with Gasteiger partial charge in [0.2, 0.25) is 0 Å². The molecule has 0 bridgehead atoms. The topological polar surface area (TPSA) is 75.0 Å². The minimum atomic E-state index is -0.142. The number of carbonyl (C=O) groups excluding carboxylic acids is 1. The molecule has 20 heavy (non-hydrogen) atoms. The lowest BCUT2D eigenvalue weighted by Crippen LogP contribution is -2.36. The van der Waals surface area contributed by atoms with E-state index in [4.69, 9.17) is 28.9 Å². The van der Waals surface area contributed by atoms with E-state index in [-0.39, 0.29) is 5.91 Å². The van der Waals surface area contributed by atoms with Gasteiger partial charge in [0.1, 0.15) is 5.82 Å². The number of hydrogen-bond acceptors (Lipinski definition) is 3. The fourth-order valence-corrected chi connectivity index (χ4v) is 2.72. The molecule has 1 amide bonds. The van der Waals surface area contributed by atoms with Gasteiger partial charge in [-0.2, -0.15) is 5.10 Å². The molecule has 2 aromatic rings. The number of amides is 1. The Morgan fingerprint density at radius 2 is 2.20 bits per heavy atom. The number of nitrogen functional groups attached to an aromatic ring is 1. The number of aromatic amines is 1. The van der Waals surface area contributed by atoms with Crippen LogP contribution in [0.4, 0.5) is 5.82 Å². The Labute approximate surface area is 125 Å². The molecular formula is C13H12Cl2N4O. The summed E-state index contributed by atoms with van der Waals surface area (Å²) >= 11 is 12.0. The largest absolute Gasteiger partial charge is 0.382 e. The van der Waals surface area contributed by atoms with Crippen LogP contribution in [0.25, 0.3) is 0 Å². The van der Waals surface area contributed by atoms with E-state index in [9.17, 15) is 4.79 Å². The van der Waals surface area contributed by atoms with Crippen LogP contribution < -0.4 is 5.73 Å². The van der Waals surface area contributed by atoms with Crippen LogP contribution in [0.1, 0.15) is 21.6 Å². The summed E-state index contributed by atoms with van der Waals surface area (Å²) in [6.07, 6.45) is 0.682. The number of H-pyrrole nitrogens is 1. The summed E-state index contributed by atoms with van der Waals surface area (Å²) in [5.41, 5.74) is 8.03. The second-order valence-corrected chi connectivity index (χ2v) is 5.51. The predicted octanol–water partition coefficient (Wildman–Crippen LogP) is 2.50. The number of nitrogens with zero attached hydrogens (tertiary/aromatic N) is 2. The molecule has 0 saturated carbocycles. The SMILES string of the molecule is Nc1n[nH]c2c1CCN(C(=O)c1cc(Cl)ccc1Cl)C2. The molecule has 1 aliphatic rings. The van der Waals surface area contributed by atoms with E-state index in [1.54, 1.807) is 23.1 Å². The minimum absolute atomic E-state index is 0.142. The van der Waals surface area contributed by atoms with Crippen LogP contribution in [0, 0.1) is 0 Å². The number of nitrogens with one attached hydrogen (secondary N) is 1. The Bertz CT molecular complexity index is 683. The fraction of sp³-hybridized carbons (Fsp3) is 0.231. The van der Waals surface area contributed by atoms with E-state index in [1.807, 2.05) is 0 Å². The second kappa shape index (κ2) is 5.00. The first-order valence-electron chi connectivity index (χ1n) is 6.12. The van der Waals surface area contributed by atoms with Gasteiger partial charge in [0.15, 0.2) is 0 Å². The van der Waals surface area contributed by atoms with E-state index in [1.165, 1.54) is 0 Å². The standard InChI is InChI=1S/C13H12Cl2N4O/c14-7-1-2-10(15)9(5-7)13(20)19-4-3-8-11(6-19)17-18-12(8)16/h1-2,5H,3-4,6H2,(H3,16,17,18). The highest BCUT2D eigenvalue weighted by Gasteiger charge is 2.26. The molecule has 1 aromatic heterocycles. The molecule has 0 aliphatic carbocycles. The van der Waals surface area contributed by atoms with Crippen molar-refractivity contribution in [2.24, 2.45) is 0 Å². The number of nitrogens with two attached hydrogens (primary N) is 1. The lowest BCUT2D eigenvalue weighted by atomic mass is 10.1. The van der Waals surface area contributed by atoms with Crippen LogP contribution in [0.5, 0.6) is 0 Å². The van der Waals surface area contributed by atoms with Crippen molar-refractivity contribution < 1.29 is 4.79 Å². The summed E-state index contributed by atoms with van der Waals surface area (Å²) < 4.78 is 0. The Kier molecular flexibility index (Phi) is 3.31. The van der Waals surface area contributed by atoms with Crippen LogP contribution in [-0.4, -0.2) is 27.5 Å². The van der Waals surface area contributed by atoms with Gasteiger partial charge in [-0.05, 0) is 24.6 Å². The highest BCUT2D eigenvalue weighted by atomic mass is 35.5.